The van der Waals surface area contributed by atoms with Crippen LogP contribution in [0.25, 0.3) is 0 Å². The van der Waals surface area contributed by atoms with E-state index in [0.29, 0.717) is 23.0 Å². The molecule has 2 aromatic carbocycles. The molecule has 0 bridgehead atoms. The van der Waals surface area contributed by atoms with Crippen LogP contribution < -0.4 is 15.4 Å². The summed E-state index contributed by atoms with van der Waals surface area (Å²) in [5.41, 5.74) is 1.96. The van der Waals surface area contributed by atoms with Crippen molar-refractivity contribution in [1.82, 2.24) is 4.98 Å². The average Bonchev–Trinajstić information content (AvgIpc) is 2.69. The van der Waals surface area contributed by atoms with Crippen molar-refractivity contribution in [1.29, 1.82) is 0 Å². The lowest BCUT2D eigenvalue weighted by molar-refractivity contribution is 0.102. The molecule has 0 aliphatic rings. The number of pyridine rings is 1. The van der Waals surface area contributed by atoms with E-state index in [0.717, 1.165) is 18.0 Å². The number of benzene rings is 2. The summed E-state index contributed by atoms with van der Waals surface area (Å²) in [6.45, 7) is 5.14. The van der Waals surface area contributed by atoms with E-state index in [2.05, 4.69) is 29.5 Å². The van der Waals surface area contributed by atoms with Gasteiger partial charge < -0.3 is 15.4 Å². The molecule has 0 atom stereocenters. The van der Waals surface area contributed by atoms with E-state index in [1.54, 1.807) is 24.4 Å². The van der Waals surface area contributed by atoms with Crippen molar-refractivity contribution in [3.05, 3.63) is 78.6 Å². The van der Waals surface area contributed by atoms with Crippen LogP contribution in [0.1, 0.15) is 24.3 Å². The molecule has 0 radical (unpaired) electrons. The van der Waals surface area contributed by atoms with Gasteiger partial charge in [-0.1, -0.05) is 32.0 Å². The number of carbonyl (C=O) groups is 1. The number of carbonyl (C=O) groups excluding carboxylic acids is 1. The quantitative estimate of drug-likeness (QED) is 0.607. The zero-order valence-electron chi connectivity index (χ0n) is 15.5. The number of amides is 1. The lowest BCUT2D eigenvalue weighted by Gasteiger charge is -2.10. The molecule has 0 aliphatic heterocycles. The van der Waals surface area contributed by atoms with Crippen molar-refractivity contribution in [2.24, 2.45) is 5.92 Å². The number of hydrogen-bond acceptors (Lipinski definition) is 4. The van der Waals surface area contributed by atoms with E-state index >= 15 is 0 Å². The van der Waals surface area contributed by atoms with Gasteiger partial charge in [-0.3, -0.25) is 4.79 Å². The Kier molecular flexibility index (Phi) is 6.05. The van der Waals surface area contributed by atoms with E-state index in [9.17, 15) is 4.79 Å². The molecule has 0 fully saturated rings. The van der Waals surface area contributed by atoms with Gasteiger partial charge in [-0.15, -0.1) is 0 Å². The van der Waals surface area contributed by atoms with Gasteiger partial charge >= 0.3 is 0 Å². The van der Waals surface area contributed by atoms with Crippen LogP contribution in [0.5, 0.6) is 11.5 Å². The Morgan fingerprint density at radius 1 is 0.926 bits per heavy atom. The summed E-state index contributed by atoms with van der Waals surface area (Å²) < 4.78 is 5.74. The maximum atomic E-state index is 12.3. The zero-order valence-corrected chi connectivity index (χ0v) is 15.5. The third-order valence-corrected chi connectivity index (χ3v) is 3.80. The third-order valence-electron chi connectivity index (χ3n) is 3.80. The second-order valence-electron chi connectivity index (χ2n) is 6.60. The number of ether oxygens (including phenoxy) is 1. The summed E-state index contributed by atoms with van der Waals surface area (Å²) in [6.07, 6.45) is 1.67. The highest BCUT2D eigenvalue weighted by atomic mass is 16.5. The number of hydrogen-bond donors (Lipinski definition) is 2. The molecule has 0 saturated heterocycles. The van der Waals surface area contributed by atoms with Crippen LogP contribution in [0.4, 0.5) is 11.4 Å². The molecule has 5 heteroatoms. The van der Waals surface area contributed by atoms with Crippen molar-refractivity contribution in [3.8, 4) is 11.5 Å². The minimum atomic E-state index is -0.248. The van der Waals surface area contributed by atoms with Crippen molar-refractivity contribution in [3.63, 3.8) is 0 Å². The Labute approximate surface area is 159 Å². The van der Waals surface area contributed by atoms with Crippen LogP contribution in [0.2, 0.25) is 0 Å². The molecule has 138 valence electrons. The van der Waals surface area contributed by atoms with Crippen molar-refractivity contribution in [2.45, 2.75) is 13.8 Å². The monoisotopic (exact) mass is 361 g/mol. The molecule has 1 aromatic heterocycles. The summed E-state index contributed by atoms with van der Waals surface area (Å²) in [5.74, 6) is 1.77. The third kappa shape index (κ3) is 5.57. The zero-order chi connectivity index (χ0) is 19.1. The number of rotatable bonds is 7. The first-order valence-electron chi connectivity index (χ1n) is 8.94. The van der Waals surface area contributed by atoms with Gasteiger partial charge in [0.25, 0.3) is 5.91 Å². The molecule has 0 aliphatic carbocycles. The van der Waals surface area contributed by atoms with Gasteiger partial charge in [0.15, 0.2) is 0 Å². The van der Waals surface area contributed by atoms with Crippen molar-refractivity contribution in [2.75, 3.05) is 17.2 Å². The minimum absolute atomic E-state index is 0.248. The molecular formula is C22H23N3O2. The molecule has 1 heterocycles. The molecular weight excluding hydrogens is 338 g/mol. The Morgan fingerprint density at radius 3 is 2.22 bits per heavy atom. The largest absolute Gasteiger partial charge is 0.457 e. The fraction of sp³-hybridized carbons (Fsp3) is 0.182. The summed E-state index contributed by atoms with van der Waals surface area (Å²) in [6, 6.07) is 20.4. The number of nitrogens with zero attached hydrogens (tertiary/aromatic N) is 1. The number of aromatic nitrogens is 1. The topological polar surface area (TPSA) is 63.2 Å². The first kappa shape index (κ1) is 18.5. The number of para-hydroxylation sites is 1. The van der Waals surface area contributed by atoms with Crippen LogP contribution in [0.15, 0.2) is 72.9 Å². The van der Waals surface area contributed by atoms with Crippen molar-refractivity contribution >= 4 is 17.3 Å². The van der Waals surface area contributed by atoms with Gasteiger partial charge in [0.05, 0.1) is 11.9 Å². The molecule has 0 spiro atoms. The van der Waals surface area contributed by atoms with E-state index in [-0.39, 0.29) is 5.91 Å². The minimum Gasteiger partial charge on any atom is -0.457 e. The summed E-state index contributed by atoms with van der Waals surface area (Å²) in [7, 11) is 0. The highest BCUT2D eigenvalue weighted by molar-refractivity contribution is 6.02. The fourth-order valence-electron chi connectivity index (χ4n) is 2.38. The van der Waals surface area contributed by atoms with Gasteiger partial charge in [-0.05, 0) is 54.4 Å². The van der Waals surface area contributed by atoms with E-state index < -0.39 is 0 Å². The summed E-state index contributed by atoms with van der Waals surface area (Å²) in [4.78, 5) is 16.6. The van der Waals surface area contributed by atoms with E-state index in [4.69, 9.17) is 4.74 Å². The maximum absolute atomic E-state index is 12.3. The van der Waals surface area contributed by atoms with E-state index in [1.165, 1.54) is 0 Å². The molecule has 1 amide bonds. The maximum Gasteiger partial charge on any atom is 0.274 e. The van der Waals surface area contributed by atoms with E-state index in [1.807, 2.05) is 48.5 Å². The fourth-order valence-corrected chi connectivity index (χ4v) is 2.38. The number of nitrogens with one attached hydrogen (secondary N) is 2. The Hall–Kier alpha value is -3.34. The van der Waals surface area contributed by atoms with Gasteiger partial charge in [0.1, 0.15) is 17.2 Å². The highest BCUT2D eigenvalue weighted by Gasteiger charge is 2.08. The highest BCUT2D eigenvalue weighted by Crippen LogP contribution is 2.22. The van der Waals surface area contributed by atoms with Crippen LogP contribution in [0.3, 0.4) is 0 Å². The SMILES string of the molecule is CC(C)CNc1ccc(C(=O)Nc2ccc(Oc3ccccc3)cc2)nc1. The Bertz CT molecular complexity index is 860. The molecule has 2 N–H and O–H groups in total. The Balaban J connectivity index is 1.57. The van der Waals surface area contributed by atoms with Gasteiger partial charge in [-0.25, -0.2) is 4.98 Å². The van der Waals surface area contributed by atoms with Gasteiger partial charge in [-0.2, -0.15) is 0 Å². The first-order chi connectivity index (χ1) is 13.1. The predicted octanol–water partition coefficient (Wildman–Crippen LogP) is 5.19. The molecule has 27 heavy (non-hydrogen) atoms. The number of anilines is 2. The molecule has 3 rings (SSSR count). The van der Waals surface area contributed by atoms with Crippen LogP contribution in [-0.4, -0.2) is 17.4 Å². The molecule has 0 saturated carbocycles. The van der Waals surface area contributed by atoms with Crippen LogP contribution in [-0.2, 0) is 0 Å². The van der Waals surface area contributed by atoms with Crippen LogP contribution in [0, 0.1) is 5.92 Å². The molecule has 0 unspecified atom stereocenters. The van der Waals surface area contributed by atoms with Gasteiger partial charge in [0, 0.05) is 12.2 Å². The average molecular weight is 361 g/mol. The lowest BCUT2D eigenvalue weighted by atomic mass is 10.2. The predicted molar refractivity (Wildman–Crippen MR) is 108 cm³/mol. The van der Waals surface area contributed by atoms with Crippen molar-refractivity contribution < 1.29 is 9.53 Å². The summed E-state index contributed by atoms with van der Waals surface area (Å²) >= 11 is 0. The Morgan fingerprint density at radius 2 is 1.59 bits per heavy atom. The normalized spacial score (nSPS) is 10.5. The van der Waals surface area contributed by atoms with Crippen LogP contribution >= 0.6 is 0 Å². The van der Waals surface area contributed by atoms with Gasteiger partial charge in [0.2, 0.25) is 0 Å². The molecule has 3 aromatic rings. The molecule has 5 nitrogen and oxygen atoms in total. The second kappa shape index (κ2) is 8.85. The first-order valence-corrected chi connectivity index (χ1v) is 8.94. The standard InChI is InChI=1S/C22H23N3O2/c1-16(2)14-23-18-10-13-21(24-15-18)22(26)25-17-8-11-20(12-9-17)27-19-6-4-3-5-7-19/h3-13,15-16,23H,14H2,1-2H3,(H,25,26). The second-order valence-corrected chi connectivity index (χ2v) is 6.60. The smallest absolute Gasteiger partial charge is 0.274 e. The summed E-state index contributed by atoms with van der Waals surface area (Å²) in [5, 5.41) is 6.12. The lowest BCUT2D eigenvalue weighted by Crippen LogP contribution is -2.14.